The molecule has 0 fully saturated rings. The van der Waals surface area contributed by atoms with Crippen molar-refractivity contribution in [1.29, 1.82) is 0 Å². The molecule has 1 aromatic heterocycles. The first-order chi connectivity index (χ1) is 7.99. The lowest BCUT2D eigenvalue weighted by atomic mass is 10.1. The average Bonchev–Trinajstić information content (AvgIpc) is 2.72. The molecule has 17 heavy (non-hydrogen) atoms. The third kappa shape index (κ3) is 1.96. The first-order valence-corrected chi connectivity index (χ1v) is 4.68. The van der Waals surface area contributed by atoms with Gasteiger partial charge in [0.2, 0.25) is 0 Å². The Morgan fingerprint density at radius 2 is 2.12 bits per heavy atom. The maximum Gasteiger partial charge on any atom is 0.358 e. The fourth-order valence-electron chi connectivity index (χ4n) is 1.43. The highest BCUT2D eigenvalue weighted by Crippen LogP contribution is 2.29. The van der Waals surface area contributed by atoms with Crippen LogP contribution in [0.5, 0.6) is 5.75 Å². The fourth-order valence-corrected chi connectivity index (χ4v) is 1.43. The van der Waals surface area contributed by atoms with Crippen molar-refractivity contribution in [2.45, 2.75) is 6.92 Å². The molecule has 2 rings (SSSR count). The molecule has 2 aromatic rings. The van der Waals surface area contributed by atoms with Crippen molar-refractivity contribution in [3.05, 3.63) is 35.3 Å². The summed E-state index contributed by atoms with van der Waals surface area (Å²) in [6, 6.07) is 3.50. The van der Waals surface area contributed by atoms with Crippen molar-refractivity contribution >= 4 is 5.97 Å². The van der Waals surface area contributed by atoms with Gasteiger partial charge in [-0.1, -0.05) is 5.16 Å². The van der Waals surface area contributed by atoms with Crippen LogP contribution < -0.4 is 0 Å². The second kappa shape index (κ2) is 3.89. The number of aromatic hydroxyl groups is 1. The summed E-state index contributed by atoms with van der Waals surface area (Å²) in [5.74, 6) is -2.03. The molecule has 0 bridgehead atoms. The molecule has 0 radical (unpaired) electrons. The number of benzene rings is 1. The van der Waals surface area contributed by atoms with E-state index in [1.807, 2.05) is 0 Å². The molecular weight excluding hydrogens is 229 g/mol. The van der Waals surface area contributed by atoms with Crippen LogP contribution in [0.15, 0.2) is 22.7 Å². The summed E-state index contributed by atoms with van der Waals surface area (Å²) in [6.07, 6.45) is 0. The van der Waals surface area contributed by atoms with Crippen molar-refractivity contribution in [2.24, 2.45) is 0 Å². The summed E-state index contributed by atoms with van der Waals surface area (Å²) in [4.78, 5) is 10.6. The number of halogens is 1. The molecule has 0 atom stereocenters. The smallest absolute Gasteiger partial charge is 0.358 e. The van der Waals surface area contributed by atoms with E-state index in [0.29, 0.717) is 0 Å². The second-order valence-corrected chi connectivity index (χ2v) is 3.51. The highest BCUT2D eigenvalue weighted by molar-refractivity contribution is 5.86. The minimum atomic E-state index is -1.27. The number of carboxylic acid groups (broad SMARTS) is 1. The SMILES string of the molecule is Cc1cc(O)cc(-c2cc(C(=O)O)no2)c1F. The van der Waals surface area contributed by atoms with E-state index >= 15 is 0 Å². The zero-order valence-electron chi connectivity index (χ0n) is 8.77. The lowest BCUT2D eigenvalue weighted by molar-refractivity contribution is 0.0686. The number of carbonyl (C=O) groups is 1. The maximum atomic E-state index is 13.7. The van der Waals surface area contributed by atoms with Gasteiger partial charge in [0.25, 0.3) is 0 Å². The number of aryl methyl sites for hydroxylation is 1. The first-order valence-electron chi connectivity index (χ1n) is 4.68. The van der Waals surface area contributed by atoms with Gasteiger partial charge in [-0.25, -0.2) is 9.18 Å². The molecule has 1 aromatic carbocycles. The third-order valence-electron chi connectivity index (χ3n) is 2.23. The number of carboxylic acids is 1. The molecule has 0 saturated heterocycles. The van der Waals surface area contributed by atoms with Crippen molar-refractivity contribution in [3.8, 4) is 17.1 Å². The van der Waals surface area contributed by atoms with Crippen LogP contribution in [0.25, 0.3) is 11.3 Å². The van der Waals surface area contributed by atoms with Gasteiger partial charge in [-0.3, -0.25) is 0 Å². The van der Waals surface area contributed by atoms with Crippen LogP contribution in [0.1, 0.15) is 16.1 Å². The zero-order chi connectivity index (χ0) is 12.6. The topological polar surface area (TPSA) is 83.6 Å². The first kappa shape index (κ1) is 11.1. The van der Waals surface area contributed by atoms with E-state index in [-0.39, 0.29) is 28.3 Å². The third-order valence-corrected chi connectivity index (χ3v) is 2.23. The van der Waals surface area contributed by atoms with Gasteiger partial charge in [-0.05, 0) is 24.6 Å². The van der Waals surface area contributed by atoms with Crippen molar-refractivity contribution in [2.75, 3.05) is 0 Å². The molecule has 1 heterocycles. The van der Waals surface area contributed by atoms with Gasteiger partial charge in [0, 0.05) is 6.07 Å². The predicted octanol–water partition coefficient (Wildman–Crippen LogP) is 2.19. The van der Waals surface area contributed by atoms with E-state index in [1.165, 1.54) is 13.0 Å². The molecule has 0 amide bonds. The van der Waals surface area contributed by atoms with Crippen LogP contribution in [0.2, 0.25) is 0 Å². The number of aromatic carboxylic acids is 1. The Balaban J connectivity index is 2.56. The highest BCUT2D eigenvalue weighted by atomic mass is 19.1. The van der Waals surface area contributed by atoms with Crippen LogP contribution >= 0.6 is 0 Å². The van der Waals surface area contributed by atoms with E-state index < -0.39 is 11.8 Å². The van der Waals surface area contributed by atoms with Gasteiger partial charge in [0.15, 0.2) is 11.5 Å². The van der Waals surface area contributed by atoms with Crippen molar-refractivity contribution < 1.29 is 23.9 Å². The number of phenolic OH excluding ortho intramolecular Hbond substituents is 1. The van der Waals surface area contributed by atoms with Crippen LogP contribution in [0, 0.1) is 12.7 Å². The number of hydrogen-bond acceptors (Lipinski definition) is 4. The Kier molecular flexibility index (Phi) is 2.55. The Hall–Kier alpha value is -2.37. The van der Waals surface area contributed by atoms with Crippen LogP contribution in [-0.2, 0) is 0 Å². The second-order valence-electron chi connectivity index (χ2n) is 3.51. The van der Waals surface area contributed by atoms with E-state index in [9.17, 15) is 14.3 Å². The molecule has 0 aliphatic heterocycles. The van der Waals surface area contributed by atoms with Gasteiger partial charge < -0.3 is 14.7 Å². The molecule has 5 nitrogen and oxygen atoms in total. The van der Waals surface area contributed by atoms with Gasteiger partial charge in [0.05, 0.1) is 5.56 Å². The van der Waals surface area contributed by atoms with Gasteiger partial charge in [-0.15, -0.1) is 0 Å². The van der Waals surface area contributed by atoms with E-state index in [1.54, 1.807) is 0 Å². The summed E-state index contributed by atoms with van der Waals surface area (Å²) >= 11 is 0. The largest absolute Gasteiger partial charge is 0.508 e. The Labute approximate surface area is 95.1 Å². The summed E-state index contributed by atoms with van der Waals surface area (Å²) in [6.45, 7) is 1.48. The number of rotatable bonds is 2. The van der Waals surface area contributed by atoms with Crippen molar-refractivity contribution in [3.63, 3.8) is 0 Å². The minimum Gasteiger partial charge on any atom is -0.508 e. The zero-order valence-corrected chi connectivity index (χ0v) is 8.77. The standard InChI is InChI=1S/C11H8FNO4/c1-5-2-6(14)3-7(10(5)12)9-4-8(11(15)16)13-17-9/h2-4,14H,1H3,(H,15,16). The van der Waals surface area contributed by atoms with Gasteiger partial charge in [-0.2, -0.15) is 0 Å². The summed E-state index contributed by atoms with van der Waals surface area (Å²) in [5.41, 5.74) is -0.115. The number of aromatic nitrogens is 1. The molecule has 6 heteroatoms. The Morgan fingerprint density at radius 1 is 1.41 bits per heavy atom. The average molecular weight is 237 g/mol. The molecule has 2 N–H and O–H groups in total. The lowest BCUT2D eigenvalue weighted by Crippen LogP contribution is -1.94. The quantitative estimate of drug-likeness (QED) is 0.836. The van der Waals surface area contributed by atoms with Crippen LogP contribution in [0.4, 0.5) is 4.39 Å². The number of nitrogens with zero attached hydrogens (tertiary/aromatic N) is 1. The molecule has 0 aliphatic rings. The van der Waals surface area contributed by atoms with Crippen LogP contribution in [-0.4, -0.2) is 21.3 Å². The minimum absolute atomic E-state index is 0.0255. The Bertz CT molecular complexity index is 591. The highest BCUT2D eigenvalue weighted by Gasteiger charge is 2.17. The summed E-state index contributed by atoms with van der Waals surface area (Å²) in [7, 11) is 0. The maximum absolute atomic E-state index is 13.7. The number of hydrogen-bond donors (Lipinski definition) is 2. The number of phenols is 1. The van der Waals surface area contributed by atoms with Gasteiger partial charge >= 0.3 is 5.97 Å². The molecule has 0 spiro atoms. The van der Waals surface area contributed by atoms with E-state index in [0.717, 1.165) is 12.1 Å². The fraction of sp³-hybridized carbons (Fsp3) is 0.0909. The molecule has 0 aliphatic carbocycles. The summed E-state index contributed by atoms with van der Waals surface area (Å²) < 4.78 is 18.5. The lowest BCUT2D eigenvalue weighted by Gasteiger charge is -2.02. The molecule has 0 saturated carbocycles. The normalized spacial score (nSPS) is 10.5. The van der Waals surface area contributed by atoms with E-state index in [4.69, 9.17) is 9.63 Å². The monoisotopic (exact) mass is 237 g/mol. The molecule has 88 valence electrons. The van der Waals surface area contributed by atoms with Gasteiger partial charge in [0.1, 0.15) is 11.6 Å². The van der Waals surface area contributed by atoms with Crippen molar-refractivity contribution in [1.82, 2.24) is 5.16 Å². The summed E-state index contributed by atoms with van der Waals surface area (Å²) in [5, 5.41) is 21.3. The Morgan fingerprint density at radius 3 is 2.71 bits per heavy atom. The van der Waals surface area contributed by atoms with Crippen LogP contribution in [0.3, 0.4) is 0 Å². The molecular formula is C11H8FNO4. The van der Waals surface area contributed by atoms with E-state index in [2.05, 4.69) is 5.16 Å². The predicted molar refractivity (Wildman–Crippen MR) is 55.3 cm³/mol. The molecule has 0 unspecified atom stereocenters.